The number of hydrogen-bond donors (Lipinski definition) is 2. The predicted octanol–water partition coefficient (Wildman–Crippen LogP) is 0.178. The molecule has 1 aromatic carbocycles. The first-order valence-corrected chi connectivity index (χ1v) is 7.97. The number of ether oxygens (including phenoxy) is 1. The Morgan fingerprint density at radius 2 is 2.11 bits per heavy atom. The first kappa shape index (κ1) is 20.6. The van der Waals surface area contributed by atoms with E-state index in [0.717, 1.165) is 18.0 Å². The number of benzene rings is 1. The van der Waals surface area contributed by atoms with Gasteiger partial charge in [0.1, 0.15) is 12.4 Å². The average Bonchev–Trinajstić information content (AvgIpc) is 2.56. The Balaban J connectivity index is 2.14. The highest BCUT2D eigenvalue weighted by molar-refractivity contribution is 6.09. The number of carbonyl (C=O) groups is 3. The zero-order chi connectivity index (χ0) is 20.1. The van der Waals surface area contributed by atoms with Crippen molar-refractivity contribution in [2.75, 3.05) is 43.6 Å². The fourth-order valence-electron chi connectivity index (χ4n) is 2.64. The Kier molecular flexibility index (Phi) is 6.75. The summed E-state index contributed by atoms with van der Waals surface area (Å²) in [5.41, 5.74) is 5.11. The van der Waals surface area contributed by atoms with E-state index in [2.05, 4.69) is 5.32 Å². The molecule has 0 radical (unpaired) electrons. The first-order valence-electron chi connectivity index (χ1n) is 7.97. The second-order valence-electron chi connectivity index (χ2n) is 5.89. The van der Waals surface area contributed by atoms with Crippen molar-refractivity contribution in [2.45, 2.75) is 12.5 Å². The Hall–Kier alpha value is -2.66. The average molecular weight is 388 g/mol. The summed E-state index contributed by atoms with van der Waals surface area (Å²) in [5, 5.41) is 2.16. The van der Waals surface area contributed by atoms with Crippen LogP contribution in [0.25, 0.3) is 0 Å². The lowest BCUT2D eigenvalue weighted by atomic mass is 10.2. The Morgan fingerprint density at radius 1 is 1.41 bits per heavy atom. The summed E-state index contributed by atoms with van der Waals surface area (Å²) in [6.45, 7) is -0.410. The molecule has 2 rings (SSSR count). The van der Waals surface area contributed by atoms with Crippen molar-refractivity contribution in [3.8, 4) is 0 Å². The number of amides is 3. The minimum absolute atomic E-state index is 0.114. The van der Waals surface area contributed by atoms with Crippen LogP contribution in [-0.4, -0.2) is 68.4 Å². The third kappa shape index (κ3) is 5.17. The van der Waals surface area contributed by atoms with Crippen molar-refractivity contribution >= 4 is 29.1 Å². The molecule has 1 aliphatic heterocycles. The van der Waals surface area contributed by atoms with Crippen LogP contribution in [0.4, 0.5) is 24.5 Å². The van der Waals surface area contributed by atoms with E-state index in [9.17, 15) is 27.6 Å². The van der Waals surface area contributed by atoms with Gasteiger partial charge in [-0.25, -0.2) is 13.2 Å². The number of nitrogens with two attached hydrogens (primary N) is 1. The van der Waals surface area contributed by atoms with Gasteiger partial charge in [-0.3, -0.25) is 19.3 Å². The van der Waals surface area contributed by atoms with E-state index in [1.165, 1.54) is 17.0 Å². The van der Waals surface area contributed by atoms with E-state index in [1.54, 1.807) is 0 Å². The minimum atomic E-state index is -2.79. The number of anilines is 2. The highest BCUT2D eigenvalue weighted by atomic mass is 19.3. The molecule has 27 heavy (non-hydrogen) atoms. The third-order valence-corrected chi connectivity index (χ3v) is 3.89. The number of morpholine rings is 1. The molecule has 1 saturated heterocycles. The summed E-state index contributed by atoms with van der Waals surface area (Å²) < 4.78 is 44.3. The SMILES string of the molecule is CN(CC(F)F)[C@@H](C(N)=O)C(=O)Nc1ccc(N2CCOCC2=O)cc1F. The van der Waals surface area contributed by atoms with Gasteiger partial charge in [-0.05, 0) is 25.2 Å². The van der Waals surface area contributed by atoms with Gasteiger partial charge in [0.15, 0.2) is 6.04 Å². The molecule has 1 fully saturated rings. The topological polar surface area (TPSA) is 105 Å². The molecule has 1 atom stereocenters. The molecular weight excluding hydrogens is 369 g/mol. The molecular formula is C16H19F3N4O4. The summed E-state index contributed by atoms with van der Waals surface area (Å²) >= 11 is 0. The van der Waals surface area contributed by atoms with Crippen LogP contribution in [0.1, 0.15) is 0 Å². The van der Waals surface area contributed by atoms with Gasteiger partial charge in [0, 0.05) is 12.2 Å². The van der Waals surface area contributed by atoms with Gasteiger partial charge in [-0.1, -0.05) is 0 Å². The number of rotatable bonds is 7. The highest BCUT2D eigenvalue weighted by Crippen LogP contribution is 2.23. The first-order chi connectivity index (χ1) is 12.7. The van der Waals surface area contributed by atoms with Crippen molar-refractivity contribution in [3.05, 3.63) is 24.0 Å². The zero-order valence-electron chi connectivity index (χ0n) is 14.5. The lowest BCUT2D eigenvalue weighted by Gasteiger charge is -2.27. The van der Waals surface area contributed by atoms with E-state index in [1.807, 2.05) is 0 Å². The second kappa shape index (κ2) is 8.82. The Bertz CT molecular complexity index is 732. The maximum Gasteiger partial charge on any atom is 0.253 e. The lowest BCUT2D eigenvalue weighted by molar-refractivity contribution is -0.132. The van der Waals surface area contributed by atoms with Crippen LogP contribution >= 0.6 is 0 Å². The van der Waals surface area contributed by atoms with Crippen LogP contribution in [0.5, 0.6) is 0 Å². The van der Waals surface area contributed by atoms with Crippen molar-refractivity contribution in [2.24, 2.45) is 5.73 Å². The third-order valence-electron chi connectivity index (χ3n) is 3.89. The van der Waals surface area contributed by atoms with Crippen LogP contribution in [0.3, 0.4) is 0 Å². The van der Waals surface area contributed by atoms with Gasteiger partial charge in [0.25, 0.3) is 18.2 Å². The zero-order valence-corrected chi connectivity index (χ0v) is 14.5. The number of nitrogens with zero attached hydrogens (tertiary/aromatic N) is 2. The summed E-state index contributed by atoms with van der Waals surface area (Å²) in [7, 11) is 1.13. The van der Waals surface area contributed by atoms with E-state index < -0.39 is 36.6 Å². The molecule has 3 amide bonds. The number of carbonyl (C=O) groups excluding carboxylic acids is 3. The van der Waals surface area contributed by atoms with Gasteiger partial charge < -0.3 is 20.7 Å². The van der Waals surface area contributed by atoms with Gasteiger partial charge in [-0.15, -0.1) is 0 Å². The predicted molar refractivity (Wildman–Crippen MR) is 89.8 cm³/mol. The summed E-state index contributed by atoms with van der Waals surface area (Å²) in [4.78, 5) is 37.6. The highest BCUT2D eigenvalue weighted by Gasteiger charge is 2.31. The minimum Gasteiger partial charge on any atom is -0.370 e. The standard InChI is InChI=1S/C16H19F3N4O4/c1-22(7-12(18)19)14(15(20)25)16(26)21-11-3-2-9(6-10(11)17)23-4-5-27-8-13(23)24/h2-3,6,12,14H,4-5,7-8H2,1H3,(H2,20,25)(H,21,26)/t14-/m0/s1. The maximum atomic E-state index is 14.3. The lowest BCUT2D eigenvalue weighted by Crippen LogP contribution is -2.51. The quantitative estimate of drug-likeness (QED) is 0.649. The largest absolute Gasteiger partial charge is 0.370 e. The van der Waals surface area contributed by atoms with Gasteiger partial charge in [0.2, 0.25) is 5.91 Å². The van der Waals surface area contributed by atoms with Crippen LogP contribution in [0, 0.1) is 5.82 Å². The summed E-state index contributed by atoms with van der Waals surface area (Å²) in [5.74, 6) is -3.38. The fourth-order valence-corrected chi connectivity index (χ4v) is 2.64. The summed E-state index contributed by atoms with van der Waals surface area (Å²) in [6.07, 6.45) is -2.79. The maximum absolute atomic E-state index is 14.3. The Morgan fingerprint density at radius 3 is 2.67 bits per heavy atom. The number of nitrogens with one attached hydrogen (secondary N) is 1. The number of halogens is 3. The van der Waals surface area contributed by atoms with Crippen LogP contribution in [-0.2, 0) is 19.1 Å². The van der Waals surface area contributed by atoms with Gasteiger partial charge >= 0.3 is 0 Å². The molecule has 1 heterocycles. The number of primary amides is 1. The molecule has 0 spiro atoms. The fraction of sp³-hybridized carbons (Fsp3) is 0.438. The molecule has 0 bridgehead atoms. The van der Waals surface area contributed by atoms with Gasteiger partial charge in [0.05, 0.1) is 18.8 Å². The molecule has 1 aliphatic rings. The normalized spacial score (nSPS) is 15.9. The number of hydrogen-bond acceptors (Lipinski definition) is 5. The van der Waals surface area contributed by atoms with Crippen molar-refractivity contribution < 1.29 is 32.3 Å². The van der Waals surface area contributed by atoms with E-state index >= 15 is 0 Å². The summed E-state index contributed by atoms with van der Waals surface area (Å²) in [6, 6.07) is 1.96. The van der Waals surface area contributed by atoms with E-state index in [-0.39, 0.29) is 30.4 Å². The van der Waals surface area contributed by atoms with E-state index in [4.69, 9.17) is 10.5 Å². The molecule has 11 heteroatoms. The molecule has 0 aliphatic carbocycles. The number of alkyl halides is 2. The monoisotopic (exact) mass is 388 g/mol. The van der Waals surface area contributed by atoms with Crippen molar-refractivity contribution in [1.29, 1.82) is 0 Å². The van der Waals surface area contributed by atoms with Gasteiger partial charge in [-0.2, -0.15) is 0 Å². The number of likely N-dealkylation sites (N-methyl/N-ethyl adjacent to an activating group) is 1. The molecule has 1 aromatic rings. The van der Waals surface area contributed by atoms with Crippen molar-refractivity contribution in [3.63, 3.8) is 0 Å². The molecule has 3 N–H and O–H groups in total. The molecule has 0 unspecified atom stereocenters. The molecule has 8 nitrogen and oxygen atoms in total. The van der Waals surface area contributed by atoms with Crippen LogP contribution < -0.4 is 16.0 Å². The second-order valence-corrected chi connectivity index (χ2v) is 5.89. The van der Waals surface area contributed by atoms with Crippen molar-refractivity contribution in [1.82, 2.24) is 4.90 Å². The Labute approximate surface area is 153 Å². The van der Waals surface area contributed by atoms with Crippen LogP contribution in [0.2, 0.25) is 0 Å². The van der Waals surface area contributed by atoms with E-state index in [0.29, 0.717) is 6.61 Å². The molecule has 0 saturated carbocycles. The smallest absolute Gasteiger partial charge is 0.253 e. The molecule has 0 aromatic heterocycles. The molecule has 148 valence electrons. The van der Waals surface area contributed by atoms with Crippen LogP contribution in [0.15, 0.2) is 18.2 Å².